The Morgan fingerprint density at radius 3 is 2.96 bits per heavy atom. The van der Waals surface area contributed by atoms with Crippen LogP contribution in [0.3, 0.4) is 0 Å². The highest BCUT2D eigenvalue weighted by Crippen LogP contribution is 2.14. The number of benzene rings is 1. The molecular formula is C17H21N3O3. The van der Waals surface area contributed by atoms with Crippen LogP contribution in [0.15, 0.2) is 29.1 Å². The Morgan fingerprint density at radius 2 is 2.17 bits per heavy atom. The van der Waals surface area contributed by atoms with Gasteiger partial charge in [0, 0.05) is 32.5 Å². The van der Waals surface area contributed by atoms with E-state index in [0.717, 1.165) is 0 Å². The standard InChI is InChI=1S/C17H21N3O3/c1-2-23-12-10-20(11-12)16(21)9-5-8-15-18-14-7-4-3-6-13(14)17(22)19-15/h3-4,6-7,12H,2,5,8-11H2,1H3,(H,18,19,22). The molecule has 0 bridgehead atoms. The van der Waals surface area contributed by atoms with Crippen molar-refractivity contribution in [2.24, 2.45) is 0 Å². The smallest absolute Gasteiger partial charge is 0.258 e. The van der Waals surface area contributed by atoms with Crippen molar-refractivity contribution in [1.82, 2.24) is 14.9 Å². The summed E-state index contributed by atoms with van der Waals surface area (Å²) in [5.74, 6) is 0.779. The van der Waals surface area contributed by atoms with Gasteiger partial charge in [-0.25, -0.2) is 4.98 Å². The molecule has 1 amide bonds. The summed E-state index contributed by atoms with van der Waals surface area (Å²) in [6.07, 6.45) is 1.93. The largest absolute Gasteiger partial charge is 0.375 e. The lowest BCUT2D eigenvalue weighted by atomic mass is 10.1. The zero-order chi connectivity index (χ0) is 16.2. The van der Waals surface area contributed by atoms with Gasteiger partial charge in [0.2, 0.25) is 5.91 Å². The highest BCUT2D eigenvalue weighted by atomic mass is 16.5. The van der Waals surface area contributed by atoms with Crippen LogP contribution in [-0.4, -0.2) is 46.6 Å². The number of para-hydroxylation sites is 1. The van der Waals surface area contributed by atoms with Crippen LogP contribution >= 0.6 is 0 Å². The summed E-state index contributed by atoms with van der Waals surface area (Å²) in [5, 5.41) is 0.592. The van der Waals surface area contributed by atoms with Crippen LogP contribution in [0.1, 0.15) is 25.6 Å². The number of fused-ring (bicyclic) bond motifs is 1. The Morgan fingerprint density at radius 1 is 1.39 bits per heavy atom. The summed E-state index contributed by atoms with van der Waals surface area (Å²) in [5.41, 5.74) is 0.569. The van der Waals surface area contributed by atoms with Crippen molar-refractivity contribution < 1.29 is 9.53 Å². The molecule has 0 unspecified atom stereocenters. The maximum absolute atomic E-state index is 12.0. The Kier molecular flexibility index (Phi) is 4.71. The van der Waals surface area contributed by atoms with Crippen LogP contribution in [0.4, 0.5) is 0 Å². The van der Waals surface area contributed by atoms with E-state index in [2.05, 4.69) is 9.97 Å². The highest BCUT2D eigenvalue weighted by molar-refractivity contribution is 5.77. The Labute approximate surface area is 134 Å². The van der Waals surface area contributed by atoms with E-state index in [4.69, 9.17) is 4.74 Å². The summed E-state index contributed by atoms with van der Waals surface area (Å²) in [6.45, 7) is 4.03. The van der Waals surface area contributed by atoms with Crippen molar-refractivity contribution >= 4 is 16.8 Å². The molecule has 3 rings (SSSR count). The fourth-order valence-corrected chi connectivity index (χ4v) is 2.80. The van der Waals surface area contributed by atoms with Crippen molar-refractivity contribution in [1.29, 1.82) is 0 Å². The Bertz CT molecular complexity index is 750. The molecule has 1 aliphatic heterocycles. The van der Waals surface area contributed by atoms with E-state index in [1.54, 1.807) is 6.07 Å². The van der Waals surface area contributed by atoms with Gasteiger partial charge in [0.05, 0.1) is 17.0 Å². The molecule has 0 spiro atoms. The second kappa shape index (κ2) is 6.91. The van der Waals surface area contributed by atoms with Crippen LogP contribution in [0.25, 0.3) is 10.9 Å². The fourth-order valence-electron chi connectivity index (χ4n) is 2.80. The fraction of sp³-hybridized carbons (Fsp3) is 0.471. The van der Waals surface area contributed by atoms with Crippen molar-refractivity contribution in [3.8, 4) is 0 Å². The van der Waals surface area contributed by atoms with Gasteiger partial charge < -0.3 is 14.6 Å². The summed E-state index contributed by atoms with van der Waals surface area (Å²) in [6, 6.07) is 7.27. The van der Waals surface area contributed by atoms with E-state index in [0.29, 0.717) is 55.7 Å². The number of aromatic amines is 1. The maximum atomic E-state index is 12.0. The molecule has 1 N–H and O–H groups in total. The molecule has 6 heteroatoms. The number of aryl methyl sites for hydroxylation is 1. The van der Waals surface area contributed by atoms with E-state index in [9.17, 15) is 9.59 Å². The first-order valence-corrected chi connectivity index (χ1v) is 8.04. The van der Waals surface area contributed by atoms with Crippen LogP contribution < -0.4 is 5.56 Å². The number of H-pyrrole nitrogens is 1. The predicted octanol–water partition coefficient (Wildman–Crippen LogP) is 1.49. The number of carbonyl (C=O) groups excluding carboxylic acids is 1. The topological polar surface area (TPSA) is 75.3 Å². The monoisotopic (exact) mass is 315 g/mol. The molecule has 1 aromatic carbocycles. The molecule has 122 valence electrons. The first kappa shape index (κ1) is 15.7. The minimum absolute atomic E-state index is 0.126. The average molecular weight is 315 g/mol. The molecule has 2 heterocycles. The SMILES string of the molecule is CCOC1CN(C(=O)CCCc2nc3ccccc3c(=O)[nH]2)C1. The van der Waals surface area contributed by atoms with Gasteiger partial charge in [-0.15, -0.1) is 0 Å². The molecule has 1 aliphatic rings. The minimum atomic E-state index is -0.126. The quantitative estimate of drug-likeness (QED) is 0.876. The number of hydrogen-bond acceptors (Lipinski definition) is 4. The molecule has 1 aromatic heterocycles. The third kappa shape index (κ3) is 3.59. The molecule has 0 radical (unpaired) electrons. The number of amides is 1. The molecule has 1 saturated heterocycles. The zero-order valence-electron chi connectivity index (χ0n) is 13.2. The summed E-state index contributed by atoms with van der Waals surface area (Å²) >= 11 is 0. The molecule has 0 aliphatic carbocycles. The number of aromatic nitrogens is 2. The second-order valence-electron chi connectivity index (χ2n) is 5.76. The summed E-state index contributed by atoms with van der Waals surface area (Å²) in [7, 11) is 0. The minimum Gasteiger partial charge on any atom is -0.375 e. The number of carbonyl (C=O) groups is 1. The van der Waals surface area contributed by atoms with E-state index in [-0.39, 0.29) is 17.6 Å². The molecule has 1 fully saturated rings. The highest BCUT2D eigenvalue weighted by Gasteiger charge is 2.30. The maximum Gasteiger partial charge on any atom is 0.258 e. The average Bonchev–Trinajstić information content (AvgIpc) is 2.50. The van der Waals surface area contributed by atoms with Crippen molar-refractivity contribution in [2.45, 2.75) is 32.3 Å². The van der Waals surface area contributed by atoms with Gasteiger partial charge in [0.15, 0.2) is 0 Å². The predicted molar refractivity (Wildman–Crippen MR) is 87.3 cm³/mol. The lowest BCUT2D eigenvalue weighted by molar-refractivity contribution is -0.144. The first-order valence-electron chi connectivity index (χ1n) is 8.04. The van der Waals surface area contributed by atoms with Crippen LogP contribution in [0, 0.1) is 0 Å². The van der Waals surface area contributed by atoms with E-state index in [1.165, 1.54) is 0 Å². The summed E-state index contributed by atoms with van der Waals surface area (Å²) in [4.78, 5) is 33.1. The molecule has 2 aromatic rings. The van der Waals surface area contributed by atoms with E-state index < -0.39 is 0 Å². The number of nitrogens with zero attached hydrogens (tertiary/aromatic N) is 2. The number of likely N-dealkylation sites (tertiary alicyclic amines) is 1. The normalized spacial score (nSPS) is 14.9. The molecule has 23 heavy (non-hydrogen) atoms. The Balaban J connectivity index is 1.51. The number of nitrogens with one attached hydrogen (secondary N) is 1. The second-order valence-corrected chi connectivity index (χ2v) is 5.76. The van der Waals surface area contributed by atoms with Crippen molar-refractivity contribution in [3.05, 3.63) is 40.4 Å². The zero-order valence-corrected chi connectivity index (χ0v) is 13.2. The molecule has 0 atom stereocenters. The van der Waals surface area contributed by atoms with Gasteiger partial charge in [0.1, 0.15) is 5.82 Å². The van der Waals surface area contributed by atoms with Crippen molar-refractivity contribution in [3.63, 3.8) is 0 Å². The first-order chi connectivity index (χ1) is 11.2. The molecular weight excluding hydrogens is 294 g/mol. The van der Waals surface area contributed by atoms with Gasteiger partial charge in [-0.2, -0.15) is 0 Å². The third-order valence-electron chi connectivity index (χ3n) is 4.07. The van der Waals surface area contributed by atoms with Gasteiger partial charge in [-0.3, -0.25) is 9.59 Å². The number of ether oxygens (including phenoxy) is 1. The third-order valence-corrected chi connectivity index (χ3v) is 4.07. The number of rotatable bonds is 6. The molecule has 6 nitrogen and oxygen atoms in total. The van der Waals surface area contributed by atoms with Crippen LogP contribution in [0.5, 0.6) is 0 Å². The van der Waals surface area contributed by atoms with Gasteiger partial charge >= 0.3 is 0 Å². The van der Waals surface area contributed by atoms with Crippen molar-refractivity contribution in [2.75, 3.05) is 19.7 Å². The lowest BCUT2D eigenvalue weighted by Gasteiger charge is -2.38. The van der Waals surface area contributed by atoms with Gasteiger partial charge in [-0.05, 0) is 25.5 Å². The van der Waals surface area contributed by atoms with Crippen LogP contribution in [-0.2, 0) is 16.0 Å². The lowest BCUT2D eigenvalue weighted by Crippen LogP contribution is -2.54. The van der Waals surface area contributed by atoms with Gasteiger partial charge in [0.25, 0.3) is 5.56 Å². The molecule has 0 saturated carbocycles. The Hall–Kier alpha value is -2.21. The van der Waals surface area contributed by atoms with E-state index >= 15 is 0 Å². The van der Waals surface area contributed by atoms with Crippen LogP contribution in [0.2, 0.25) is 0 Å². The van der Waals surface area contributed by atoms with Gasteiger partial charge in [-0.1, -0.05) is 12.1 Å². The number of hydrogen-bond donors (Lipinski definition) is 1. The summed E-state index contributed by atoms with van der Waals surface area (Å²) < 4.78 is 5.44. The van der Waals surface area contributed by atoms with E-state index in [1.807, 2.05) is 30.0 Å².